The van der Waals surface area contributed by atoms with Crippen LogP contribution in [0.1, 0.15) is 5.56 Å². The predicted molar refractivity (Wildman–Crippen MR) is 108 cm³/mol. The van der Waals surface area contributed by atoms with E-state index in [-0.39, 0.29) is 5.82 Å². The molecule has 0 unspecified atom stereocenters. The van der Waals surface area contributed by atoms with Gasteiger partial charge in [-0.2, -0.15) is 0 Å². The summed E-state index contributed by atoms with van der Waals surface area (Å²) < 4.78 is 15.4. The van der Waals surface area contributed by atoms with E-state index in [1.54, 1.807) is 12.1 Å². The molecule has 0 aliphatic heterocycles. The van der Waals surface area contributed by atoms with Crippen LogP contribution in [-0.2, 0) is 6.54 Å². The highest BCUT2D eigenvalue weighted by molar-refractivity contribution is 6.08. The molecule has 0 saturated carbocycles. The summed E-state index contributed by atoms with van der Waals surface area (Å²) in [6.45, 7) is 0.755. The quantitative estimate of drug-likeness (QED) is 0.387. The Bertz CT molecular complexity index is 1180. The summed E-state index contributed by atoms with van der Waals surface area (Å²) in [4.78, 5) is 4.58. The van der Waals surface area contributed by atoms with Gasteiger partial charge in [0.2, 0.25) is 0 Å². The van der Waals surface area contributed by atoms with Crippen molar-refractivity contribution in [1.82, 2.24) is 9.55 Å². The number of hydrogen-bond acceptors (Lipinski definition) is 1. The van der Waals surface area contributed by atoms with E-state index in [4.69, 9.17) is 0 Å². The molecule has 0 atom stereocenters. The fourth-order valence-corrected chi connectivity index (χ4v) is 3.67. The molecule has 0 fully saturated rings. The zero-order valence-corrected chi connectivity index (χ0v) is 14.6. The average Bonchev–Trinajstić information content (AvgIpc) is 3.04. The molecule has 0 saturated heterocycles. The second-order valence-corrected chi connectivity index (χ2v) is 6.68. The lowest BCUT2D eigenvalue weighted by Gasteiger charge is -2.08. The van der Waals surface area contributed by atoms with E-state index in [9.17, 15) is 4.39 Å². The van der Waals surface area contributed by atoms with Crippen LogP contribution in [0.5, 0.6) is 0 Å². The highest BCUT2D eigenvalue weighted by Gasteiger charge is 2.10. The van der Waals surface area contributed by atoms with E-state index in [0.717, 1.165) is 23.4 Å². The minimum atomic E-state index is -0.235. The molecule has 130 valence electrons. The molecule has 0 spiro atoms. The van der Waals surface area contributed by atoms with E-state index >= 15 is 0 Å². The van der Waals surface area contributed by atoms with Gasteiger partial charge in [0, 0.05) is 40.1 Å². The summed E-state index contributed by atoms with van der Waals surface area (Å²) >= 11 is 0. The first-order valence-corrected chi connectivity index (χ1v) is 8.96. The number of para-hydroxylation sites is 2. The Kier molecular flexibility index (Phi) is 3.72. The second-order valence-electron chi connectivity index (χ2n) is 6.68. The maximum absolute atomic E-state index is 13.1. The Morgan fingerprint density at radius 1 is 0.704 bits per heavy atom. The van der Waals surface area contributed by atoms with Gasteiger partial charge in [0.15, 0.2) is 0 Å². The molecule has 0 aliphatic carbocycles. The average molecular weight is 352 g/mol. The van der Waals surface area contributed by atoms with Crippen molar-refractivity contribution in [2.75, 3.05) is 0 Å². The van der Waals surface area contributed by atoms with Crippen molar-refractivity contribution in [3.8, 4) is 11.3 Å². The molecule has 27 heavy (non-hydrogen) atoms. The zero-order valence-electron chi connectivity index (χ0n) is 14.6. The van der Waals surface area contributed by atoms with Crippen molar-refractivity contribution in [3.63, 3.8) is 0 Å². The van der Waals surface area contributed by atoms with Crippen molar-refractivity contribution >= 4 is 21.8 Å². The van der Waals surface area contributed by atoms with Crippen molar-refractivity contribution in [2.45, 2.75) is 6.54 Å². The van der Waals surface area contributed by atoms with E-state index in [1.807, 2.05) is 12.3 Å². The molecule has 0 N–H and O–H groups in total. The molecule has 0 bridgehead atoms. The topological polar surface area (TPSA) is 17.8 Å². The summed E-state index contributed by atoms with van der Waals surface area (Å²) in [6.07, 6.45) is 1.90. The van der Waals surface area contributed by atoms with Crippen LogP contribution < -0.4 is 0 Å². The number of hydrogen-bond donors (Lipinski definition) is 0. The van der Waals surface area contributed by atoms with Crippen LogP contribution in [0.4, 0.5) is 4.39 Å². The Hall–Kier alpha value is -3.46. The van der Waals surface area contributed by atoms with Gasteiger partial charge >= 0.3 is 0 Å². The van der Waals surface area contributed by atoms with Gasteiger partial charge in [-0.15, -0.1) is 0 Å². The number of rotatable bonds is 3. The molecule has 3 aromatic carbocycles. The summed E-state index contributed by atoms with van der Waals surface area (Å²) in [5.41, 5.74) is 5.34. The summed E-state index contributed by atoms with van der Waals surface area (Å²) in [5, 5.41) is 2.54. The third kappa shape index (κ3) is 2.77. The first kappa shape index (κ1) is 15.8. The fraction of sp³-hybridized carbons (Fsp3) is 0.0417. The van der Waals surface area contributed by atoms with E-state index < -0.39 is 0 Å². The first-order chi connectivity index (χ1) is 13.3. The van der Waals surface area contributed by atoms with Crippen LogP contribution in [0.2, 0.25) is 0 Å². The Morgan fingerprint density at radius 2 is 1.33 bits per heavy atom. The molecule has 3 heteroatoms. The smallest absolute Gasteiger partial charge is 0.123 e. The summed E-state index contributed by atoms with van der Waals surface area (Å²) in [7, 11) is 0. The maximum atomic E-state index is 13.1. The van der Waals surface area contributed by atoms with Gasteiger partial charge in [-0.25, -0.2) is 4.39 Å². The first-order valence-electron chi connectivity index (χ1n) is 8.96. The predicted octanol–water partition coefficient (Wildman–Crippen LogP) is 6.04. The highest BCUT2D eigenvalue weighted by atomic mass is 19.1. The van der Waals surface area contributed by atoms with Crippen LogP contribution in [0.25, 0.3) is 33.1 Å². The molecule has 2 heterocycles. The van der Waals surface area contributed by atoms with Gasteiger partial charge in [0.25, 0.3) is 0 Å². The molecular weight excluding hydrogens is 335 g/mol. The largest absolute Gasteiger partial charge is 0.336 e. The van der Waals surface area contributed by atoms with Crippen molar-refractivity contribution in [1.29, 1.82) is 0 Å². The molecule has 0 amide bonds. The summed E-state index contributed by atoms with van der Waals surface area (Å²) in [5.74, 6) is -0.235. The number of nitrogens with zero attached hydrogens (tertiary/aromatic N) is 2. The second kappa shape index (κ2) is 6.36. The van der Waals surface area contributed by atoms with Crippen molar-refractivity contribution in [2.24, 2.45) is 0 Å². The number of pyridine rings is 1. The Morgan fingerprint density at radius 3 is 1.93 bits per heavy atom. The minimum Gasteiger partial charge on any atom is -0.336 e. The molecule has 5 rings (SSSR count). The van der Waals surface area contributed by atoms with Gasteiger partial charge in [-0.3, -0.25) is 4.98 Å². The zero-order chi connectivity index (χ0) is 18.2. The molecule has 0 radical (unpaired) electrons. The molecule has 0 aliphatic rings. The van der Waals surface area contributed by atoms with Gasteiger partial charge in [-0.1, -0.05) is 42.5 Å². The standard InChI is InChI=1S/C24H17FN2/c25-19-12-10-18(11-13-19)22-14-9-17(15-26-22)16-27-23-7-3-1-5-20(23)21-6-2-4-8-24(21)27/h1-15H,16H2. The monoisotopic (exact) mass is 352 g/mol. The van der Waals surface area contributed by atoms with Crippen LogP contribution in [0.15, 0.2) is 91.1 Å². The van der Waals surface area contributed by atoms with E-state index in [2.05, 4.69) is 64.1 Å². The van der Waals surface area contributed by atoms with Crippen molar-refractivity contribution < 1.29 is 4.39 Å². The maximum Gasteiger partial charge on any atom is 0.123 e. The third-order valence-electron chi connectivity index (χ3n) is 4.99. The number of fused-ring (bicyclic) bond motifs is 3. The SMILES string of the molecule is Fc1ccc(-c2ccc(Cn3c4ccccc4c4ccccc43)cn2)cc1. The molecular formula is C24H17FN2. The van der Waals surface area contributed by atoms with Crippen molar-refractivity contribution in [3.05, 3.63) is 103 Å². The van der Waals surface area contributed by atoms with Crippen LogP contribution in [-0.4, -0.2) is 9.55 Å². The number of benzene rings is 3. The van der Waals surface area contributed by atoms with Gasteiger partial charge < -0.3 is 4.57 Å². The molecule has 5 aromatic rings. The number of aromatic nitrogens is 2. The van der Waals surface area contributed by atoms with E-state index in [0.29, 0.717) is 0 Å². The number of halogens is 1. The van der Waals surface area contributed by atoms with Crippen LogP contribution in [0, 0.1) is 5.82 Å². The van der Waals surface area contributed by atoms with Gasteiger partial charge in [-0.05, 0) is 48.0 Å². The van der Waals surface area contributed by atoms with Gasteiger partial charge in [0.1, 0.15) is 5.82 Å². The fourth-order valence-electron chi connectivity index (χ4n) is 3.67. The Balaban J connectivity index is 1.54. The van der Waals surface area contributed by atoms with E-state index in [1.165, 1.54) is 33.9 Å². The summed E-state index contributed by atoms with van der Waals surface area (Å²) in [6, 6.07) is 27.5. The lowest BCUT2D eigenvalue weighted by molar-refractivity contribution is 0.628. The normalized spacial score (nSPS) is 11.3. The minimum absolute atomic E-state index is 0.235. The highest BCUT2D eigenvalue weighted by Crippen LogP contribution is 2.29. The van der Waals surface area contributed by atoms with Crippen LogP contribution in [0.3, 0.4) is 0 Å². The lowest BCUT2D eigenvalue weighted by Crippen LogP contribution is -2.00. The molecule has 2 aromatic heterocycles. The van der Waals surface area contributed by atoms with Crippen LogP contribution >= 0.6 is 0 Å². The van der Waals surface area contributed by atoms with Gasteiger partial charge in [0.05, 0.1) is 5.69 Å². The Labute approximate surface area is 156 Å². The lowest BCUT2D eigenvalue weighted by atomic mass is 10.1. The molecule has 2 nitrogen and oxygen atoms in total. The third-order valence-corrected chi connectivity index (χ3v) is 4.99.